The van der Waals surface area contributed by atoms with E-state index in [0.717, 1.165) is 31.5 Å². The highest BCUT2D eigenvalue weighted by Crippen LogP contribution is 2.19. The highest BCUT2D eigenvalue weighted by molar-refractivity contribution is 6.12. The number of terminal acetylenes is 1. The SMILES string of the molecule is C#Cc1ccc(NC(=O)c2ccccc2NC(=O)c2ccc(C(=N)N3CCCC3)cc2)nc1. The first-order valence-corrected chi connectivity index (χ1v) is 10.6. The Balaban J connectivity index is 1.45. The van der Waals surface area contributed by atoms with Crippen molar-refractivity contribution in [2.75, 3.05) is 23.7 Å². The van der Waals surface area contributed by atoms with Crippen molar-refractivity contribution in [3.8, 4) is 12.3 Å². The van der Waals surface area contributed by atoms with Crippen molar-refractivity contribution in [2.45, 2.75) is 12.8 Å². The van der Waals surface area contributed by atoms with Gasteiger partial charge in [0.25, 0.3) is 11.8 Å². The van der Waals surface area contributed by atoms with Crippen molar-refractivity contribution in [3.05, 3.63) is 89.1 Å². The summed E-state index contributed by atoms with van der Waals surface area (Å²) in [6.45, 7) is 1.78. The number of nitrogens with one attached hydrogen (secondary N) is 3. The van der Waals surface area contributed by atoms with E-state index in [1.165, 1.54) is 6.20 Å². The maximum Gasteiger partial charge on any atom is 0.258 e. The Kier molecular flexibility index (Phi) is 6.46. The van der Waals surface area contributed by atoms with E-state index in [9.17, 15) is 9.59 Å². The summed E-state index contributed by atoms with van der Waals surface area (Å²) in [4.78, 5) is 31.8. The van der Waals surface area contributed by atoms with Crippen LogP contribution in [0.4, 0.5) is 11.5 Å². The number of rotatable bonds is 5. The zero-order valence-corrected chi connectivity index (χ0v) is 18.0. The molecule has 2 heterocycles. The van der Waals surface area contributed by atoms with Gasteiger partial charge in [0.2, 0.25) is 0 Å². The standard InChI is InChI=1S/C26H23N5O2/c1-2-18-9-14-23(28-17-18)30-26(33)21-7-3-4-8-22(21)29-25(32)20-12-10-19(11-13-20)24(27)31-15-5-6-16-31/h1,3-4,7-14,17,27H,5-6,15-16H2,(H,29,32)(H,28,30,33). The number of para-hydroxylation sites is 1. The highest BCUT2D eigenvalue weighted by atomic mass is 16.2. The van der Waals surface area contributed by atoms with E-state index >= 15 is 0 Å². The molecule has 1 fully saturated rings. The maximum atomic E-state index is 12.8. The summed E-state index contributed by atoms with van der Waals surface area (Å²) in [6, 6.07) is 17.0. The molecule has 0 aliphatic carbocycles. The summed E-state index contributed by atoms with van der Waals surface area (Å²) in [5, 5.41) is 13.9. The van der Waals surface area contributed by atoms with Crippen molar-refractivity contribution < 1.29 is 9.59 Å². The van der Waals surface area contributed by atoms with Gasteiger partial charge in [-0.05, 0) is 49.2 Å². The zero-order valence-electron chi connectivity index (χ0n) is 18.0. The second-order valence-electron chi connectivity index (χ2n) is 7.65. The fourth-order valence-corrected chi connectivity index (χ4v) is 3.62. The van der Waals surface area contributed by atoms with Crippen LogP contribution in [-0.4, -0.2) is 40.6 Å². The van der Waals surface area contributed by atoms with E-state index in [1.807, 2.05) is 4.90 Å². The molecule has 1 aliphatic heterocycles. The van der Waals surface area contributed by atoms with Crippen LogP contribution in [0.25, 0.3) is 0 Å². The molecule has 3 N–H and O–H groups in total. The predicted octanol–water partition coefficient (Wildman–Crippen LogP) is 3.99. The number of amidine groups is 1. The summed E-state index contributed by atoms with van der Waals surface area (Å²) in [7, 11) is 0. The number of carbonyl (C=O) groups is 2. The van der Waals surface area contributed by atoms with Crippen molar-refractivity contribution >= 4 is 29.2 Å². The molecular formula is C26H23N5O2. The summed E-state index contributed by atoms with van der Waals surface area (Å²) in [5.41, 5.74) is 2.52. The van der Waals surface area contributed by atoms with Gasteiger partial charge in [0.15, 0.2) is 0 Å². The number of nitrogens with zero attached hydrogens (tertiary/aromatic N) is 2. The number of likely N-dealkylation sites (tertiary alicyclic amines) is 1. The number of aromatic nitrogens is 1. The molecule has 3 aromatic rings. The molecule has 7 heteroatoms. The summed E-state index contributed by atoms with van der Waals surface area (Å²) in [6.07, 6.45) is 9.02. The van der Waals surface area contributed by atoms with Gasteiger partial charge >= 0.3 is 0 Å². The molecule has 0 bridgehead atoms. The Bertz CT molecular complexity index is 1220. The van der Waals surface area contributed by atoms with Gasteiger partial charge in [0, 0.05) is 36.0 Å². The maximum absolute atomic E-state index is 12.8. The van der Waals surface area contributed by atoms with E-state index in [1.54, 1.807) is 60.7 Å². The second-order valence-corrected chi connectivity index (χ2v) is 7.65. The molecule has 1 aliphatic rings. The van der Waals surface area contributed by atoms with Crippen LogP contribution in [0, 0.1) is 17.8 Å². The number of anilines is 2. The number of hydrogen-bond acceptors (Lipinski definition) is 4. The third kappa shape index (κ3) is 5.08. The van der Waals surface area contributed by atoms with E-state index in [2.05, 4.69) is 21.5 Å². The molecule has 1 saturated heterocycles. The van der Waals surface area contributed by atoms with Gasteiger partial charge in [0.1, 0.15) is 11.7 Å². The molecule has 1 aromatic heterocycles. The Morgan fingerprint density at radius 3 is 2.27 bits per heavy atom. The molecule has 33 heavy (non-hydrogen) atoms. The predicted molar refractivity (Wildman–Crippen MR) is 129 cm³/mol. The molecule has 4 rings (SSSR count). The summed E-state index contributed by atoms with van der Waals surface area (Å²) < 4.78 is 0. The van der Waals surface area contributed by atoms with Crippen molar-refractivity contribution in [2.24, 2.45) is 0 Å². The first kappa shape index (κ1) is 21.8. The Morgan fingerprint density at radius 1 is 0.909 bits per heavy atom. The van der Waals surface area contributed by atoms with Crippen LogP contribution in [0.5, 0.6) is 0 Å². The molecule has 2 aromatic carbocycles. The molecule has 164 valence electrons. The largest absolute Gasteiger partial charge is 0.357 e. The normalized spacial score (nSPS) is 12.6. The fraction of sp³-hybridized carbons (Fsp3) is 0.154. The molecule has 0 atom stereocenters. The van der Waals surface area contributed by atoms with Gasteiger partial charge in [-0.1, -0.05) is 30.2 Å². The van der Waals surface area contributed by atoms with Gasteiger partial charge < -0.3 is 15.5 Å². The smallest absolute Gasteiger partial charge is 0.258 e. The second kappa shape index (κ2) is 9.79. The molecule has 0 spiro atoms. The van der Waals surface area contributed by atoms with Gasteiger partial charge in [-0.15, -0.1) is 6.42 Å². The average molecular weight is 438 g/mol. The lowest BCUT2D eigenvalue weighted by atomic mass is 10.1. The quantitative estimate of drug-likeness (QED) is 0.319. The third-order valence-electron chi connectivity index (χ3n) is 5.43. The lowest BCUT2D eigenvalue weighted by Crippen LogP contribution is -2.27. The van der Waals surface area contributed by atoms with Crippen molar-refractivity contribution in [1.82, 2.24) is 9.88 Å². The minimum absolute atomic E-state index is 0.307. The molecule has 0 saturated carbocycles. The zero-order chi connectivity index (χ0) is 23.2. The van der Waals surface area contributed by atoms with Gasteiger partial charge in [0.05, 0.1) is 11.3 Å². The average Bonchev–Trinajstić information content (AvgIpc) is 3.39. The monoisotopic (exact) mass is 437 g/mol. The third-order valence-corrected chi connectivity index (χ3v) is 5.43. The highest BCUT2D eigenvalue weighted by Gasteiger charge is 2.18. The van der Waals surface area contributed by atoms with Crippen LogP contribution >= 0.6 is 0 Å². The van der Waals surface area contributed by atoms with Gasteiger partial charge in [-0.3, -0.25) is 15.0 Å². The first-order valence-electron chi connectivity index (χ1n) is 10.6. The van der Waals surface area contributed by atoms with E-state index in [0.29, 0.717) is 34.0 Å². The number of hydrogen-bond donors (Lipinski definition) is 3. The van der Waals surface area contributed by atoms with Crippen molar-refractivity contribution in [3.63, 3.8) is 0 Å². The summed E-state index contributed by atoms with van der Waals surface area (Å²) >= 11 is 0. The Hall–Kier alpha value is -4.44. The van der Waals surface area contributed by atoms with Crippen LogP contribution < -0.4 is 10.6 Å². The molecule has 2 amide bonds. The van der Waals surface area contributed by atoms with Crippen LogP contribution in [-0.2, 0) is 0 Å². The number of benzene rings is 2. The lowest BCUT2D eigenvalue weighted by Gasteiger charge is -2.18. The number of amides is 2. The van der Waals surface area contributed by atoms with Gasteiger partial charge in [-0.25, -0.2) is 4.98 Å². The molecular weight excluding hydrogens is 414 g/mol. The van der Waals surface area contributed by atoms with Crippen LogP contribution in [0.3, 0.4) is 0 Å². The van der Waals surface area contributed by atoms with Crippen LogP contribution in [0.2, 0.25) is 0 Å². The topological polar surface area (TPSA) is 98.2 Å². The van der Waals surface area contributed by atoms with Gasteiger partial charge in [-0.2, -0.15) is 0 Å². The summed E-state index contributed by atoms with van der Waals surface area (Å²) in [5.74, 6) is 2.56. The first-order chi connectivity index (χ1) is 16.0. The van der Waals surface area contributed by atoms with Crippen LogP contribution in [0.1, 0.15) is 44.7 Å². The fourth-order valence-electron chi connectivity index (χ4n) is 3.62. The van der Waals surface area contributed by atoms with Crippen molar-refractivity contribution in [1.29, 1.82) is 5.41 Å². The number of carbonyl (C=O) groups excluding carboxylic acids is 2. The lowest BCUT2D eigenvalue weighted by molar-refractivity contribution is 0.102. The van der Waals surface area contributed by atoms with E-state index in [4.69, 9.17) is 11.8 Å². The molecule has 0 radical (unpaired) electrons. The Labute approximate surface area is 192 Å². The minimum atomic E-state index is -0.402. The van der Waals surface area contributed by atoms with Crippen LogP contribution in [0.15, 0.2) is 66.9 Å². The Morgan fingerprint density at radius 2 is 1.61 bits per heavy atom. The van der Waals surface area contributed by atoms with E-state index in [-0.39, 0.29) is 5.91 Å². The molecule has 0 unspecified atom stereocenters. The van der Waals surface area contributed by atoms with E-state index < -0.39 is 5.91 Å². The number of pyridine rings is 1. The minimum Gasteiger partial charge on any atom is -0.357 e. The molecule has 7 nitrogen and oxygen atoms in total.